The zero-order chi connectivity index (χ0) is 13.7. The molecule has 1 rings (SSSR count). The van der Waals surface area contributed by atoms with Crippen LogP contribution in [0.25, 0.3) is 0 Å². The number of nitro benzene ring substituents is 1. The number of methoxy groups -OCH3 is 2. The van der Waals surface area contributed by atoms with Crippen LogP contribution in [-0.2, 0) is 4.74 Å². The van der Waals surface area contributed by atoms with E-state index in [2.05, 4.69) is 0 Å². The largest absolute Gasteiger partial charge is 0.493 e. The van der Waals surface area contributed by atoms with Crippen molar-refractivity contribution in [2.75, 3.05) is 20.8 Å². The second-order valence-electron chi connectivity index (χ2n) is 3.17. The highest BCUT2D eigenvalue weighted by atomic mass is 16.6. The van der Waals surface area contributed by atoms with E-state index in [1.54, 1.807) is 6.92 Å². The van der Waals surface area contributed by atoms with E-state index >= 15 is 0 Å². The third-order valence-corrected chi connectivity index (χ3v) is 2.20. The molecule has 0 aliphatic rings. The predicted molar refractivity (Wildman–Crippen MR) is 62.2 cm³/mol. The normalized spacial score (nSPS) is 9.72. The number of ether oxygens (including phenoxy) is 3. The van der Waals surface area contributed by atoms with Gasteiger partial charge in [0.15, 0.2) is 17.1 Å². The predicted octanol–water partition coefficient (Wildman–Crippen LogP) is 1.79. The van der Waals surface area contributed by atoms with Crippen molar-refractivity contribution in [3.63, 3.8) is 0 Å². The summed E-state index contributed by atoms with van der Waals surface area (Å²) in [5.41, 5.74) is -0.630. The van der Waals surface area contributed by atoms with Crippen LogP contribution in [0.15, 0.2) is 12.1 Å². The van der Waals surface area contributed by atoms with Gasteiger partial charge in [0.05, 0.1) is 25.7 Å². The number of nitrogens with zero attached hydrogens (tertiary/aromatic N) is 1. The molecule has 18 heavy (non-hydrogen) atoms. The maximum Gasteiger partial charge on any atom is 0.349 e. The number of carbonyl (C=O) groups excluding carboxylic acids is 1. The molecule has 98 valence electrons. The number of nitro groups is 1. The SMILES string of the molecule is CCOC(=O)c1c([N+](=O)[O-])ccc(OC)c1OC. The fourth-order valence-corrected chi connectivity index (χ4v) is 1.47. The zero-order valence-electron chi connectivity index (χ0n) is 10.3. The number of rotatable bonds is 5. The minimum absolute atomic E-state index is 0.00912. The molecule has 0 saturated carbocycles. The lowest BCUT2D eigenvalue weighted by molar-refractivity contribution is -0.385. The molecule has 7 heteroatoms. The van der Waals surface area contributed by atoms with E-state index in [0.29, 0.717) is 0 Å². The van der Waals surface area contributed by atoms with E-state index in [-0.39, 0.29) is 29.4 Å². The van der Waals surface area contributed by atoms with E-state index in [0.717, 1.165) is 0 Å². The lowest BCUT2D eigenvalue weighted by Gasteiger charge is -2.11. The summed E-state index contributed by atoms with van der Waals surface area (Å²) in [6.45, 7) is 1.72. The van der Waals surface area contributed by atoms with E-state index in [9.17, 15) is 14.9 Å². The Kier molecular flexibility index (Phi) is 4.47. The van der Waals surface area contributed by atoms with Gasteiger partial charge < -0.3 is 14.2 Å². The Morgan fingerprint density at radius 2 is 2.00 bits per heavy atom. The van der Waals surface area contributed by atoms with Gasteiger partial charge in [-0.2, -0.15) is 0 Å². The van der Waals surface area contributed by atoms with Gasteiger partial charge in [-0.15, -0.1) is 0 Å². The highest BCUT2D eigenvalue weighted by Gasteiger charge is 2.29. The molecule has 0 bridgehead atoms. The smallest absolute Gasteiger partial charge is 0.349 e. The lowest BCUT2D eigenvalue weighted by atomic mass is 10.1. The van der Waals surface area contributed by atoms with Gasteiger partial charge >= 0.3 is 5.97 Å². The van der Waals surface area contributed by atoms with Crippen molar-refractivity contribution in [2.24, 2.45) is 0 Å². The van der Waals surface area contributed by atoms with E-state index in [1.807, 2.05) is 0 Å². The van der Waals surface area contributed by atoms with Crippen molar-refractivity contribution in [2.45, 2.75) is 6.92 Å². The molecule has 0 aliphatic carbocycles. The van der Waals surface area contributed by atoms with Crippen molar-refractivity contribution in [3.8, 4) is 11.5 Å². The summed E-state index contributed by atoms with van der Waals surface area (Å²) in [6.07, 6.45) is 0. The molecule has 0 aromatic heterocycles. The topological polar surface area (TPSA) is 87.9 Å². The first-order valence-corrected chi connectivity index (χ1v) is 5.13. The van der Waals surface area contributed by atoms with Gasteiger partial charge in [-0.25, -0.2) is 4.79 Å². The molecule has 0 atom stereocenters. The van der Waals surface area contributed by atoms with E-state index in [1.165, 1.54) is 26.4 Å². The fourth-order valence-electron chi connectivity index (χ4n) is 1.47. The van der Waals surface area contributed by atoms with Crippen LogP contribution in [0.1, 0.15) is 17.3 Å². The first-order valence-electron chi connectivity index (χ1n) is 5.13. The summed E-state index contributed by atoms with van der Waals surface area (Å²) in [6, 6.07) is 2.54. The van der Waals surface area contributed by atoms with Crippen molar-refractivity contribution in [1.82, 2.24) is 0 Å². The number of carbonyl (C=O) groups is 1. The summed E-state index contributed by atoms with van der Waals surface area (Å²) < 4.78 is 14.8. The van der Waals surface area contributed by atoms with Gasteiger partial charge in [0.25, 0.3) is 5.69 Å². The maximum atomic E-state index is 11.8. The quantitative estimate of drug-likeness (QED) is 0.452. The molecule has 0 radical (unpaired) electrons. The molecule has 0 amide bonds. The molecule has 0 N–H and O–H groups in total. The first kappa shape index (κ1) is 13.8. The minimum Gasteiger partial charge on any atom is -0.493 e. The van der Waals surface area contributed by atoms with Crippen molar-refractivity contribution in [1.29, 1.82) is 0 Å². The van der Waals surface area contributed by atoms with Gasteiger partial charge in [0.1, 0.15) is 0 Å². The van der Waals surface area contributed by atoms with Crippen LogP contribution in [0.4, 0.5) is 5.69 Å². The summed E-state index contributed by atoms with van der Waals surface area (Å²) in [5, 5.41) is 10.9. The Morgan fingerprint density at radius 3 is 2.44 bits per heavy atom. The van der Waals surface area contributed by atoms with Crippen molar-refractivity contribution < 1.29 is 23.9 Å². The summed E-state index contributed by atoms with van der Waals surface area (Å²) >= 11 is 0. The van der Waals surface area contributed by atoms with Crippen LogP contribution in [-0.4, -0.2) is 31.7 Å². The van der Waals surface area contributed by atoms with Crippen LogP contribution in [0, 0.1) is 10.1 Å². The summed E-state index contributed by atoms with van der Waals surface area (Å²) in [7, 11) is 2.67. The minimum atomic E-state index is -0.819. The Balaban J connectivity index is 3.48. The second kappa shape index (κ2) is 5.85. The molecule has 0 aliphatic heterocycles. The average molecular weight is 255 g/mol. The Bertz CT molecular complexity index is 471. The van der Waals surface area contributed by atoms with Gasteiger partial charge in [0.2, 0.25) is 0 Å². The maximum absolute atomic E-state index is 11.8. The summed E-state index contributed by atoms with van der Waals surface area (Å²) in [5.74, 6) is -0.601. The van der Waals surface area contributed by atoms with Crippen LogP contribution in [0.5, 0.6) is 11.5 Å². The number of benzene rings is 1. The van der Waals surface area contributed by atoms with Gasteiger partial charge in [0, 0.05) is 6.07 Å². The molecule has 1 aromatic rings. The van der Waals surface area contributed by atoms with E-state index in [4.69, 9.17) is 14.2 Å². The van der Waals surface area contributed by atoms with Crippen molar-refractivity contribution >= 4 is 11.7 Å². The summed E-state index contributed by atoms with van der Waals surface area (Å²) in [4.78, 5) is 22.0. The average Bonchev–Trinajstić information content (AvgIpc) is 2.36. The zero-order valence-corrected chi connectivity index (χ0v) is 10.3. The number of hydrogen-bond donors (Lipinski definition) is 0. The van der Waals surface area contributed by atoms with Crippen LogP contribution in [0.3, 0.4) is 0 Å². The molecule has 0 saturated heterocycles. The van der Waals surface area contributed by atoms with Crippen LogP contribution < -0.4 is 9.47 Å². The molecule has 0 fully saturated rings. The molecule has 0 unspecified atom stereocenters. The second-order valence-corrected chi connectivity index (χ2v) is 3.17. The fraction of sp³-hybridized carbons (Fsp3) is 0.364. The number of hydrogen-bond acceptors (Lipinski definition) is 6. The molecule has 7 nitrogen and oxygen atoms in total. The molecule has 0 spiro atoms. The Hall–Kier alpha value is -2.31. The third kappa shape index (κ3) is 2.50. The van der Waals surface area contributed by atoms with Crippen LogP contribution in [0.2, 0.25) is 0 Å². The third-order valence-electron chi connectivity index (χ3n) is 2.20. The lowest BCUT2D eigenvalue weighted by Crippen LogP contribution is -2.10. The van der Waals surface area contributed by atoms with E-state index < -0.39 is 10.9 Å². The molecular formula is C11H13NO6. The highest BCUT2D eigenvalue weighted by molar-refractivity contribution is 5.98. The van der Waals surface area contributed by atoms with Crippen LogP contribution >= 0.6 is 0 Å². The monoisotopic (exact) mass is 255 g/mol. The first-order chi connectivity index (χ1) is 8.56. The van der Waals surface area contributed by atoms with Gasteiger partial charge in [-0.1, -0.05) is 0 Å². The van der Waals surface area contributed by atoms with Gasteiger partial charge in [-0.05, 0) is 13.0 Å². The Morgan fingerprint density at radius 1 is 1.33 bits per heavy atom. The molecular weight excluding hydrogens is 242 g/mol. The highest BCUT2D eigenvalue weighted by Crippen LogP contribution is 2.37. The Labute approximate surface area is 103 Å². The molecule has 0 heterocycles. The standard InChI is InChI=1S/C11H13NO6/c1-4-18-11(13)9-7(12(14)15)5-6-8(16-2)10(9)17-3/h5-6H,4H2,1-3H3. The van der Waals surface area contributed by atoms with Crippen molar-refractivity contribution in [3.05, 3.63) is 27.8 Å². The molecule has 1 aromatic carbocycles. The van der Waals surface area contributed by atoms with Gasteiger partial charge in [-0.3, -0.25) is 10.1 Å². The number of esters is 1.